The second kappa shape index (κ2) is 8.82. The minimum atomic E-state index is -0.421. The van der Waals surface area contributed by atoms with E-state index in [1.807, 2.05) is 46.0 Å². The fourth-order valence-electron chi connectivity index (χ4n) is 3.14. The van der Waals surface area contributed by atoms with Gasteiger partial charge in [0.1, 0.15) is 0 Å². The lowest BCUT2D eigenvalue weighted by Crippen LogP contribution is -2.27. The number of amides is 1. The van der Waals surface area contributed by atoms with E-state index in [9.17, 15) is 9.59 Å². The highest BCUT2D eigenvalue weighted by Crippen LogP contribution is 2.25. The molecule has 0 radical (unpaired) electrons. The lowest BCUT2D eigenvalue weighted by Gasteiger charge is -2.16. The van der Waals surface area contributed by atoms with Gasteiger partial charge < -0.3 is 5.32 Å². The molecule has 0 spiro atoms. The van der Waals surface area contributed by atoms with E-state index >= 15 is 0 Å². The van der Waals surface area contributed by atoms with Crippen LogP contribution in [0.15, 0.2) is 34.2 Å². The summed E-state index contributed by atoms with van der Waals surface area (Å²) < 4.78 is 3.44. The van der Waals surface area contributed by atoms with E-state index in [-0.39, 0.29) is 11.5 Å². The van der Waals surface area contributed by atoms with Gasteiger partial charge in [0.15, 0.2) is 5.16 Å². The molecule has 0 aliphatic rings. The average molecular weight is 414 g/mol. The standard InChI is InChI=1S/C21H27N5O2S/c1-6-7-12-26-20(28)16-10-8-9-11-17(16)22-21(26)29-15(4)19(27)23-18-13(2)24-25(5)14(18)3/h8-11,15H,6-7,12H2,1-5H3,(H,23,27)/t15-/m1/s1. The molecule has 1 amide bonds. The van der Waals surface area contributed by atoms with Crippen LogP contribution in [0.2, 0.25) is 0 Å². The van der Waals surface area contributed by atoms with Crippen molar-refractivity contribution in [3.63, 3.8) is 0 Å². The Morgan fingerprint density at radius 1 is 1.28 bits per heavy atom. The van der Waals surface area contributed by atoms with Crippen molar-refractivity contribution in [2.75, 3.05) is 5.32 Å². The quantitative estimate of drug-likeness (QED) is 0.472. The van der Waals surface area contributed by atoms with E-state index < -0.39 is 5.25 Å². The Balaban J connectivity index is 1.89. The number of carbonyl (C=O) groups is 1. The molecule has 3 rings (SSSR count). The van der Waals surface area contributed by atoms with Gasteiger partial charge in [0, 0.05) is 13.6 Å². The molecule has 2 aromatic heterocycles. The normalized spacial score (nSPS) is 12.3. The molecule has 0 saturated heterocycles. The lowest BCUT2D eigenvalue weighted by molar-refractivity contribution is -0.115. The molecular weight excluding hydrogens is 386 g/mol. The zero-order valence-electron chi connectivity index (χ0n) is 17.5. The van der Waals surface area contributed by atoms with Crippen LogP contribution < -0.4 is 10.9 Å². The van der Waals surface area contributed by atoms with Crippen LogP contribution in [0.5, 0.6) is 0 Å². The maximum atomic E-state index is 13.0. The van der Waals surface area contributed by atoms with Crippen LogP contribution in [0, 0.1) is 13.8 Å². The fraction of sp³-hybridized carbons (Fsp3) is 0.429. The number of carbonyl (C=O) groups excluding carboxylic acids is 1. The van der Waals surface area contributed by atoms with Crippen molar-refractivity contribution < 1.29 is 4.79 Å². The summed E-state index contributed by atoms with van der Waals surface area (Å²) >= 11 is 1.31. The smallest absolute Gasteiger partial charge is 0.262 e. The number of anilines is 1. The van der Waals surface area contributed by atoms with Crippen molar-refractivity contribution in [2.45, 2.75) is 57.5 Å². The van der Waals surface area contributed by atoms with Gasteiger partial charge in [-0.2, -0.15) is 5.10 Å². The summed E-state index contributed by atoms with van der Waals surface area (Å²) in [6.07, 6.45) is 1.85. The summed E-state index contributed by atoms with van der Waals surface area (Å²) in [4.78, 5) is 30.5. The number of para-hydroxylation sites is 1. The molecule has 0 aliphatic carbocycles. The zero-order chi connectivity index (χ0) is 21.1. The first-order valence-electron chi connectivity index (χ1n) is 9.80. The van der Waals surface area contributed by atoms with Crippen molar-refractivity contribution in [3.05, 3.63) is 46.0 Å². The van der Waals surface area contributed by atoms with Crippen LogP contribution in [-0.4, -0.2) is 30.5 Å². The summed E-state index contributed by atoms with van der Waals surface area (Å²) in [5, 5.41) is 8.07. The van der Waals surface area contributed by atoms with Gasteiger partial charge in [0.2, 0.25) is 5.91 Å². The minimum absolute atomic E-state index is 0.0573. The third-order valence-corrected chi connectivity index (χ3v) is 6.06. The van der Waals surface area contributed by atoms with Gasteiger partial charge in [-0.15, -0.1) is 0 Å². The Kier molecular flexibility index (Phi) is 6.42. The van der Waals surface area contributed by atoms with Gasteiger partial charge in [-0.1, -0.05) is 37.2 Å². The van der Waals surface area contributed by atoms with E-state index in [0.717, 1.165) is 29.9 Å². The van der Waals surface area contributed by atoms with Gasteiger partial charge in [-0.25, -0.2) is 4.98 Å². The monoisotopic (exact) mass is 413 g/mol. The summed E-state index contributed by atoms with van der Waals surface area (Å²) in [6.45, 7) is 8.28. The van der Waals surface area contributed by atoms with E-state index in [1.54, 1.807) is 15.3 Å². The highest BCUT2D eigenvalue weighted by atomic mass is 32.2. The second-order valence-corrected chi connectivity index (χ2v) is 8.45. The number of hydrogen-bond donors (Lipinski definition) is 1. The van der Waals surface area contributed by atoms with Crippen LogP contribution in [0.4, 0.5) is 5.69 Å². The maximum Gasteiger partial charge on any atom is 0.262 e. The van der Waals surface area contributed by atoms with Crippen LogP contribution in [0.3, 0.4) is 0 Å². The average Bonchev–Trinajstić information content (AvgIpc) is 2.93. The SMILES string of the molecule is CCCCn1c(S[C@H](C)C(=O)Nc2c(C)nn(C)c2C)nc2ccccc2c1=O. The Bertz CT molecular complexity index is 1100. The first-order chi connectivity index (χ1) is 13.8. The van der Waals surface area contributed by atoms with E-state index in [0.29, 0.717) is 22.6 Å². The largest absolute Gasteiger partial charge is 0.322 e. The predicted molar refractivity (Wildman–Crippen MR) is 118 cm³/mol. The summed E-state index contributed by atoms with van der Waals surface area (Å²) in [7, 11) is 1.85. The molecule has 0 aliphatic heterocycles. The first kappa shape index (κ1) is 21.1. The van der Waals surface area contributed by atoms with E-state index in [2.05, 4.69) is 22.3 Å². The van der Waals surface area contributed by atoms with Crippen molar-refractivity contribution >= 4 is 34.3 Å². The third kappa shape index (κ3) is 4.37. The molecular formula is C21H27N5O2S. The number of unbranched alkanes of at least 4 members (excludes halogenated alkanes) is 1. The van der Waals surface area contributed by atoms with Crippen LogP contribution >= 0.6 is 11.8 Å². The van der Waals surface area contributed by atoms with Crippen molar-refractivity contribution in [2.24, 2.45) is 7.05 Å². The number of thioether (sulfide) groups is 1. The summed E-state index contributed by atoms with van der Waals surface area (Å²) in [5.74, 6) is -0.140. The number of nitrogens with zero attached hydrogens (tertiary/aromatic N) is 4. The van der Waals surface area contributed by atoms with E-state index in [1.165, 1.54) is 11.8 Å². The number of fused-ring (bicyclic) bond motifs is 1. The maximum absolute atomic E-state index is 13.0. The van der Waals surface area contributed by atoms with Crippen molar-refractivity contribution in [3.8, 4) is 0 Å². The van der Waals surface area contributed by atoms with Crippen LogP contribution in [0.1, 0.15) is 38.1 Å². The molecule has 0 unspecified atom stereocenters. The first-order valence-corrected chi connectivity index (χ1v) is 10.7. The van der Waals surface area contributed by atoms with Crippen LogP contribution in [0.25, 0.3) is 10.9 Å². The Hall–Kier alpha value is -2.61. The van der Waals surface area contributed by atoms with Gasteiger partial charge in [-0.05, 0) is 39.3 Å². The molecule has 0 saturated carbocycles. The van der Waals surface area contributed by atoms with E-state index in [4.69, 9.17) is 0 Å². The lowest BCUT2D eigenvalue weighted by atomic mass is 10.2. The predicted octanol–water partition coefficient (Wildman–Crippen LogP) is 3.67. The molecule has 1 N–H and O–H groups in total. The van der Waals surface area contributed by atoms with Crippen LogP contribution in [-0.2, 0) is 18.4 Å². The molecule has 3 aromatic rings. The number of benzene rings is 1. The van der Waals surface area contributed by atoms with Gasteiger partial charge >= 0.3 is 0 Å². The molecule has 8 heteroatoms. The third-order valence-electron chi connectivity index (χ3n) is 4.97. The molecule has 7 nitrogen and oxygen atoms in total. The zero-order valence-corrected chi connectivity index (χ0v) is 18.3. The molecule has 29 heavy (non-hydrogen) atoms. The molecule has 1 atom stereocenters. The molecule has 1 aromatic carbocycles. The number of rotatable bonds is 7. The molecule has 154 valence electrons. The topological polar surface area (TPSA) is 81.8 Å². The minimum Gasteiger partial charge on any atom is -0.322 e. The number of hydrogen-bond acceptors (Lipinski definition) is 5. The highest BCUT2D eigenvalue weighted by Gasteiger charge is 2.21. The molecule has 0 fully saturated rings. The molecule has 2 heterocycles. The van der Waals surface area contributed by atoms with Crippen molar-refractivity contribution in [1.82, 2.24) is 19.3 Å². The van der Waals surface area contributed by atoms with Gasteiger partial charge in [0.25, 0.3) is 5.56 Å². The van der Waals surface area contributed by atoms with Crippen molar-refractivity contribution in [1.29, 1.82) is 0 Å². The summed E-state index contributed by atoms with van der Waals surface area (Å²) in [5.41, 5.74) is 3.01. The number of aromatic nitrogens is 4. The Labute approximate surface area is 174 Å². The summed E-state index contributed by atoms with van der Waals surface area (Å²) in [6, 6.07) is 7.34. The second-order valence-electron chi connectivity index (χ2n) is 7.14. The fourth-order valence-corrected chi connectivity index (χ4v) is 4.08. The Morgan fingerprint density at radius 3 is 2.66 bits per heavy atom. The van der Waals surface area contributed by atoms with Gasteiger partial charge in [-0.3, -0.25) is 18.8 Å². The number of nitrogens with one attached hydrogen (secondary N) is 1. The molecule has 0 bridgehead atoms. The number of aryl methyl sites for hydroxylation is 2. The van der Waals surface area contributed by atoms with Gasteiger partial charge in [0.05, 0.1) is 33.2 Å². The highest BCUT2D eigenvalue weighted by molar-refractivity contribution is 8.00. The Morgan fingerprint density at radius 2 is 2.00 bits per heavy atom.